The molecule has 0 aliphatic heterocycles. The Morgan fingerprint density at radius 2 is 1.81 bits per heavy atom. The van der Waals surface area contributed by atoms with Crippen LogP contribution in [0.4, 0.5) is 0 Å². The van der Waals surface area contributed by atoms with Crippen LogP contribution in [0.2, 0.25) is 0 Å². The van der Waals surface area contributed by atoms with E-state index in [4.69, 9.17) is 0 Å². The van der Waals surface area contributed by atoms with Crippen LogP contribution in [0.5, 0.6) is 0 Å². The van der Waals surface area contributed by atoms with Crippen molar-refractivity contribution in [3.05, 3.63) is 33.4 Å². The zero-order valence-electron chi connectivity index (χ0n) is 10.1. The van der Waals surface area contributed by atoms with E-state index in [-0.39, 0.29) is 0 Å². The molecule has 3 heteroatoms. The predicted octanol–water partition coefficient (Wildman–Crippen LogP) is 2.77. The summed E-state index contributed by atoms with van der Waals surface area (Å²) in [6, 6.07) is 9.26. The first-order chi connectivity index (χ1) is 7.68. The summed E-state index contributed by atoms with van der Waals surface area (Å²) >= 11 is 2.33. The van der Waals surface area contributed by atoms with Crippen molar-refractivity contribution in [2.24, 2.45) is 0 Å². The molecule has 0 aliphatic carbocycles. The van der Waals surface area contributed by atoms with Crippen LogP contribution < -0.4 is 10.6 Å². The predicted molar refractivity (Wildman–Crippen MR) is 78.6 cm³/mol. The summed E-state index contributed by atoms with van der Waals surface area (Å²) in [5.74, 6) is 0. The van der Waals surface area contributed by atoms with Crippen LogP contribution in [0, 0.1) is 3.57 Å². The van der Waals surface area contributed by atoms with E-state index in [1.165, 1.54) is 15.6 Å². The first-order valence-corrected chi connectivity index (χ1v) is 6.95. The molecule has 0 bridgehead atoms. The van der Waals surface area contributed by atoms with Gasteiger partial charge in [-0.3, -0.25) is 0 Å². The van der Waals surface area contributed by atoms with Crippen molar-refractivity contribution in [2.45, 2.75) is 32.9 Å². The van der Waals surface area contributed by atoms with Gasteiger partial charge in [-0.2, -0.15) is 0 Å². The van der Waals surface area contributed by atoms with Gasteiger partial charge < -0.3 is 10.6 Å². The summed E-state index contributed by atoms with van der Waals surface area (Å²) in [5, 5.41) is 6.86. The average Bonchev–Trinajstić information content (AvgIpc) is 2.25. The van der Waals surface area contributed by atoms with Crippen molar-refractivity contribution in [2.75, 3.05) is 13.1 Å². The van der Waals surface area contributed by atoms with Crippen molar-refractivity contribution >= 4 is 22.6 Å². The summed E-state index contributed by atoms with van der Waals surface area (Å²) in [4.78, 5) is 0. The molecule has 0 aliphatic rings. The number of nitrogens with one attached hydrogen (secondary N) is 2. The molecule has 0 atom stereocenters. The highest BCUT2D eigenvalue weighted by Gasteiger charge is 1.94. The fourth-order valence-electron chi connectivity index (χ4n) is 1.44. The Balaban J connectivity index is 2.05. The van der Waals surface area contributed by atoms with Gasteiger partial charge in [0, 0.05) is 16.2 Å². The maximum atomic E-state index is 3.45. The zero-order chi connectivity index (χ0) is 11.8. The molecule has 0 fully saturated rings. The van der Waals surface area contributed by atoms with Crippen molar-refractivity contribution in [3.8, 4) is 0 Å². The quantitative estimate of drug-likeness (QED) is 0.593. The van der Waals surface area contributed by atoms with Gasteiger partial charge in [-0.05, 0) is 59.8 Å². The van der Waals surface area contributed by atoms with Crippen LogP contribution >= 0.6 is 22.6 Å². The van der Waals surface area contributed by atoms with Gasteiger partial charge in [-0.1, -0.05) is 26.0 Å². The molecule has 0 spiro atoms. The van der Waals surface area contributed by atoms with Gasteiger partial charge in [0.2, 0.25) is 0 Å². The minimum Gasteiger partial charge on any atom is -0.314 e. The standard InChI is InChI=1S/C13H21IN2/c1-11(2)16-9-3-8-15-10-12-4-6-13(14)7-5-12/h4-7,11,15-16H,3,8-10H2,1-2H3. The smallest absolute Gasteiger partial charge is 0.0205 e. The number of benzene rings is 1. The van der Waals surface area contributed by atoms with Gasteiger partial charge in [0.25, 0.3) is 0 Å². The largest absolute Gasteiger partial charge is 0.314 e. The highest BCUT2D eigenvalue weighted by atomic mass is 127. The average molecular weight is 332 g/mol. The lowest BCUT2D eigenvalue weighted by molar-refractivity contribution is 0.547. The summed E-state index contributed by atoms with van der Waals surface area (Å²) in [5.41, 5.74) is 1.36. The molecule has 90 valence electrons. The molecule has 0 aromatic heterocycles. The molecule has 1 aromatic rings. The highest BCUT2D eigenvalue weighted by molar-refractivity contribution is 14.1. The molecular formula is C13H21IN2. The lowest BCUT2D eigenvalue weighted by Gasteiger charge is -2.08. The third-order valence-corrected chi connectivity index (χ3v) is 3.04. The van der Waals surface area contributed by atoms with Crippen LogP contribution in [-0.2, 0) is 6.54 Å². The molecule has 1 rings (SSSR count). The molecule has 1 aromatic carbocycles. The lowest BCUT2D eigenvalue weighted by Crippen LogP contribution is -2.26. The van der Waals surface area contributed by atoms with E-state index >= 15 is 0 Å². The fourth-order valence-corrected chi connectivity index (χ4v) is 1.80. The molecule has 0 amide bonds. The maximum Gasteiger partial charge on any atom is 0.0205 e. The second-order valence-electron chi connectivity index (χ2n) is 4.27. The van der Waals surface area contributed by atoms with Crippen LogP contribution in [0.3, 0.4) is 0 Å². The van der Waals surface area contributed by atoms with Gasteiger partial charge >= 0.3 is 0 Å². The number of halogens is 1. The van der Waals surface area contributed by atoms with E-state index in [0.29, 0.717) is 6.04 Å². The van der Waals surface area contributed by atoms with Crippen molar-refractivity contribution in [1.82, 2.24) is 10.6 Å². The van der Waals surface area contributed by atoms with Crippen LogP contribution in [-0.4, -0.2) is 19.1 Å². The highest BCUT2D eigenvalue weighted by Crippen LogP contribution is 2.06. The summed E-state index contributed by atoms with van der Waals surface area (Å²) in [6.07, 6.45) is 1.18. The van der Waals surface area contributed by atoms with E-state index in [1.807, 2.05) is 0 Å². The SMILES string of the molecule is CC(C)NCCCNCc1ccc(I)cc1. The Morgan fingerprint density at radius 1 is 1.12 bits per heavy atom. The Labute approximate surface area is 112 Å². The summed E-state index contributed by atoms with van der Waals surface area (Å²) in [7, 11) is 0. The Bertz CT molecular complexity index is 282. The minimum atomic E-state index is 0.594. The third-order valence-electron chi connectivity index (χ3n) is 2.33. The first-order valence-electron chi connectivity index (χ1n) is 5.87. The third kappa shape index (κ3) is 6.45. The van der Waals surface area contributed by atoms with E-state index in [1.54, 1.807) is 0 Å². The molecule has 2 N–H and O–H groups in total. The molecule has 0 unspecified atom stereocenters. The normalized spacial score (nSPS) is 11.0. The Morgan fingerprint density at radius 3 is 2.44 bits per heavy atom. The zero-order valence-corrected chi connectivity index (χ0v) is 12.3. The summed E-state index contributed by atoms with van der Waals surface area (Å²) in [6.45, 7) is 7.50. The topological polar surface area (TPSA) is 24.1 Å². The van der Waals surface area contributed by atoms with Gasteiger partial charge in [-0.25, -0.2) is 0 Å². The van der Waals surface area contributed by atoms with Gasteiger partial charge in [0.15, 0.2) is 0 Å². The second-order valence-corrected chi connectivity index (χ2v) is 5.51. The van der Waals surface area contributed by atoms with Crippen LogP contribution in [0.25, 0.3) is 0 Å². The first kappa shape index (κ1) is 13.9. The van der Waals surface area contributed by atoms with Crippen LogP contribution in [0.15, 0.2) is 24.3 Å². The van der Waals surface area contributed by atoms with E-state index in [0.717, 1.165) is 19.6 Å². The van der Waals surface area contributed by atoms with E-state index in [9.17, 15) is 0 Å². The number of rotatable bonds is 7. The molecule has 0 saturated carbocycles. The van der Waals surface area contributed by atoms with Gasteiger partial charge in [-0.15, -0.1) is 0 Å². The molecule has 0 saturated heterocycles. The van der Waals surface area contributed by atoms with Crippen molar-refractivity contribution in [3.63, 3.8) is 0 Å². The number of hydrogen-bond acceptors (Lipinski definition) is 2. The Kier molecular flexibility index (Phi) is 7.00. The second kappa shape index (κ2) is 8.03. The van der Waals surface area contributed by atoms with Crippen LogP contribution in [0.1, 0.15) is 25.8 Å². The lowest BCUT2D eigenvalue weighted by atomic mass is 10.2. The van der Waals surface area contributed by atoms with Crippen molar-refractivity contribution in [1.29, 1.82) is 0 Å². The molecule has 0 radical (unpaired) electrons. The molecule has 0 heterocycles. The monoisotopic (exact) mass is 332 g/mol. The molecular weight excluding hydrogens is 311 g/mol. The maximum absolute atomic E-state index is 3.45. The molecule has 2 nitrogen and oxygen atoms in total. The Hall–Kier alpha value is -0.130. The van der Waals surface area contributed by atoms with Gasteiger partial charge in [0.1, 0.15) is 0 Å². The van der Waals surface area contributed by atoms with E-state index in [2.05, 4.69) is 71.3 Å². The van der Waals surface area contributed by atoms with Gasteiger partial charge in [0.05, 0.1) is 0 Å². The number of hydrogen-bond donors (Lipinski definition) is 2. The van der Waals surface area contributed by atoms with Crippen molar-refractivity contribution < 1.29 is 0 Å². The minimum absolute atomic E-state index is 0.594. The fraction of sp³-hybridized carbons (Fsp3) is 0.538. The van der Waals surface area contributed by atoms with E-state index < -0.39 is 0 Å². The summed E-state index contributed by atoms with van der Waals surface area (Å²) < 4.78 is 1.29. The molecule has 16 heavy (non-hydrogen) atoms.